The Morgan fingerprint density at radius 3 is 3.14 bits per heavy atom. The maximum Gasteiger partial charge on any atom is 0.308 e. The summed E-state index contributed by atoms with van der Waals surface area (Å²) in [4.78, 5) is 19.0. The molecule has 2 fully saturated rings. The number of hydrogen-bond donors (Lipinski definition) is 3. The first-order valence-electron chi connectivity index (χ1n) is 7.61. The van der Waals surface area contributed by atoms with Crippen molar-refractivity contribution in [3.8, 4) is 0 Å². The van der Waals surface area contributed by atoms with Crippen molar-refractivity contribution in [2.75, 3.05) is 0 Å². The summed E-state index contributed by atoms with van der Waals surface area (Å²) in [6, 6.07) is 4.09. The second-order valence-corrected chi connectivity index (χ2v) is 6.32. The predicted molar refractivity (Wildman–Crippen MR) is 78.7 cm³/mol. The fourth-order valence-corrected chi connectivity index (χ4v) is 4.33. The summed E-state index contributed by atoms with van der Waals surface area (Å²) in [5.74, 6) is 0.0430. The summed E-state index contributed by atoms with van der Waals surface area (Å²) < 4.78 is 0. The van der Waals surface area contributed by atoms with Crippen LogP contribution in [0.15, 0.2) is 24.5 Å². The van der Waals surface area contributed by atoms with Crippen LogP contribution < -0.4 is 5.32 Å². The Kier molecular flexibility index (Phi) is 2.96. The zero-order valence-electron chi connectivity index (χ0n) is 11.7. The van der Waals surface area contributed by atoms with Gasteiger partial charge < -0.3 is 15.4 Å². The molecule has 4 unspecified atom stereocenters. The van der Waals surface area contributed by atoms with Crippen LogP contribution in [0.25, 0.3) is 11.0 Å². The van der Waals surface area contributed by atoms with Crippen molar-refractivity contribution in [2.24, 2.45) is 17.8 Å². The van der Waals surface area contributed by atoms with Crippen LogP contribution in [0.2, 0.25) is 0 Å². The summed E-state index contributed by atoms with van der Waals surface area (Å²) in [7, 11) is 0. The lowest BCUT2D eigenvalue weighted by molar-refractivity contribution is -0.144. The standard InChI is InChI=1S/C16H19N3O2/c20-16(21)13-9-3-4-10(6-9)14(13)18-7-11-8-19-15-12(11)2-1-5-17-15/h1-2,5,8-10,13-14,18H,3-4,6-7H2,(H,17,19)(H,20,21). The Hall–Kier alpha value is -1.88. The lowest BCUT2D eigenvalue weighted by Crippen LogP contribution is -2.43. The SMILES string of the molecule is O=C(O)C1C2CCC(C2)C1NCc1c[nH]c2ncccc12. The van der Waals surface area contributed by atoms with Gasteiger partial charge in [0, 0.05) is 30.4 Å². The molecule has 2 aliphatic rings. The minimum Gasteiger partial charge on any atom is -0.481 e. The van der Waals surface area contributed by atoms with Crippen LogP contribution >= 0.6 is 0 Å². The summed E-state index contributed by atoms with van der Waals surface area (Å²) in [6.07, 6.45) is 7.06. The maximum atomic E-state index is 11.5. The van der Waals surface area contributed by atoms with Gasteiger partial charge in [0.2, 0.25) is 0 Å². The van der Waals surface area contributed by atoms with Gasteiger partial charge in [-0.3, -0.25) is 4.79 Å². The highest BCUT2D eigenvalue weighted by atomic mass is 16.4. The number of aliphatic carboxylic acids is 1. The molecule has 0 radical (unpaired) electrons. The number of carbonyl (C=O) groups is 1. The zero-order chi connectivity index (χ0) is 14.4. The molecule has 110 valence electrons. The molecule has 2 aromatic rings. The molecule has 4 atom stereocenters. The normalized spacial score (nSPS) is 31.0. The Bertz CT molecular complexity index is 681. The highest BCUT2D eigenvalue weighted by Gasteiger charge is 2.50. The zero-order valence-corrected chi connectivity index (χ0v) is 11.7. The van der Waals surface area contributed by atoms with Crippen molar-refractivity contribution in [1.29, 1.82) is 0 Å². The van der Waals surface area contributed by atoms with Gasteiger partial charge in [-0.2, -0.15) is 0 Å². The first kappa shape index (κ1) is 12.8. The van der Waals surface area contributed by atoms with E-state index in [1.807, 2.05) is 18.3 Å². The van der Waals surface area contributed by atoms with E-state index >= 15 is 0 Å². The van der Waals surface area contributed by atoms with Crippen molar-refractivity contribution in [3.05, 3.63) is 30.1 Å². The van der Waals surface area contributed by atoms with Gasteiger partial charge in [-0.15, -0.1) is 0 Å². The second kappa shape index (κ2) is 4.84. The number of hydrogen-bond acceptors (Lipinski definition) is 3. The van der Waals surface area contributed by atoms with Crippen LogP contribution in [0.3, 0.4) is 0 Å². The Morgan fingerprint density at radius 2 is 2.29 bits per heavy atom. The molecule has 21 heavy (non-hydrogen) atoms. The summed E-state index contributed by atoms with van der Waals surface area (Å²) in [5.41, 5.74) is 2.04. The van der Waals surface area contributed by atoms with Crippen LogP contribution in [-0.4, -0.2) is 27.1 Å². The van der Waals surface area contributed by atoms with E-state index in [2.05, 4.69) is 15.3 Å². The molecule has 0 aliphatic heterocycles. The van der Waals surface area contributed by atoms with E-state index in [9.17, 15) is 9.90 Å². The third-order valence-electron chi connectivity index (χ3n) is 5.27. The molecule has 4 rings (SSSR count). The number of carboxylic acids is 1. The number of aromatic nitrogens is 2. The van der Waals surface area contributed by atoms with Crippen molar-refractivity contribution in [2.45, 2.75) is 31.8 Å². The first-order valence-corrected chi connectivity index (χ1v) is 7.61. The largest absolute Gasteiger partial charge is 0.481 e. The van der Waals surface area contributed by atoms with Gasteiger partial charge in [0.25, 0.3) is 0 Å². The molecule has 0 amide bonds. The van der Waals surface area contributed by atoms with Crippen LogP contribution in [0, 0.1) is 17.8 Å². The first-order chi connectivity index (χ1) is 10.2. The number of rotatable bonds is 4. The number of aromatic amines is 1. The highest BCUT2D eigenvalue weighted by molar-refractivity contribution is 5.79. The summed E-state index contributed by atoms with van der Waals surface area (Å²) in [5, 5.41) is 14.1. The van der Waals surface area contributed by atoms with Gasteiger partial charge in [-0.25, -0.2) is 4.98 Å². The predicted octanol–water partition coefficient (Wildman–Crippen LogP) is 2.15. The van der Waals surface area contributed by atoms with Crippen LogP contribution in [0.4, 0.5) is 0 Å². The van der Waals surface area contributed by atoms with Gasteiger partial charge in [-0.05, 0) is 48.8 Å². The smallest absolute Gasteiger partial charge is 0.308 e. The molecule has 2 heterocycles. The average Bonchev–Trinajstić information content (AvgIpc) is 3.18. The topological polar surface area (TPSA) is 78.0 Å². The molecule has 2 aliphatic carbocycles. The maximum absolute atomic E-state index is 11.5. The van der Waals surface area contributed by atoms with Gasteiger partial charge in [-0.1, -0.05) is 0 Å². The molecule has 2 aromatic heterocycles. The molecular weight excluding hydrogens is 266 g/mol. The molecule has 0 spiro atoms. The fraction of sp³-hybridized carbons (Fsp3) is 0.500. The second-order valence-electron chi connectivity index (χ2n) is 6.32. The fourth-order valence-electron chi connectivity index (χ4n) is 4.33. The summed E-state index contributed by atoms with van der Waals surface area (Å²) in [6.45, 7) is 0.698. The van der Waals surface area contributed by atoms with Crippen LogP contribution in [0.1, 0.15) is 24.8 Å². The Labute approximate surface area is 122 Å². The van der Waals surface area contributed by atoms with Crippen molar-refractivity contribution in [1.82, 2.24) is 15.3 Å². The van der Waals surface area contributed by atoms with Gasteiger partial charge in [0.15, 0.2) is 0 Å². The highest BCUT2D eigenvalue weighted by Crippen LogP contribution is 2.48. The molecule has 2 bridgehead atoms. The number of pyridine rings is 1. The van der Waals surface area contributed by atoms with Gasteiger partial charge in [0.1, 0.15) is 5.65 Å². The van der Waals surface area contributed by atoms with Gasteiger partial charge >= 0.3 is 5.97 Å². The van der Waals surface area contributed by atoms with E-state index in [0.717, 1.165) is 29.4 Å². The molecule has 3 N–H and O–H groups in total. The van der Waals surface area contributed by atoms with E-state index in [1.165, 1.54) is 6.42 Å². The quantitative estimate of drug-likeness (QED) is 0.804. The van der Waals surface area contributed by atoms with E-state index in [0.29, 0.717) is 18.4 Å². The number of fused-ring (bicyclic) bond motifs is 3. The average molecular weight is 285 g/mol. The Balaban J connectivity index is 1.52. The van der Waals surface area contributed by atoms with Crippen molar-refractivity contribution in [3.63, 3.8) is 0 Å². The molecular formula is C16H19N3O2. The van der Waals surface area contributed by atoms with Gasteiger partial charge in [0.05, 0.1) is 5.92 Å². The van der Waals surface area contributed by atoms with E-state index < -0.39 is 5.97 Å². The van der Waals surface area contributed by atoms with E-state index in [-0.39, 0.29) is 12.0 Å². The molecule has 0 aromatic carbocycles. The monoisotopic (exact) mass is 285 g/mol. The lowest BCUT2D eigenvalue weighted by Gasteiger charge is -2.29. The van der Waals surface area contributed by atoms with Crippen molar-refractivity contribution < 1.29 is 9.90 Å². The molecule has 0 saturated heterocycles. The molecule has 2 saturated carbocycles. The summed E-state index contributed by atoms with van der Waals surface area (Å²) >= 11 is 0. The van der Waals surface area contributed by atoms with E-state index in [1.54, 1.807) is 6.20 Å². The number of carboxylic acid groups (broad SMARTS) is 1. The Morgan fingerprint density at radius 1 is 1.43 bits per heavy atom. The minimum atomic E-state index is -0.639. The minimum absolute atomic E-state index is 0.114. The van der Waals surface area contributed by atoms with Crippen LogP contribution in [0.5, 0.6) is 0 Å². The number of H-pyrrole nitrogens is 1. The molecule has 5 nitrogen and oxygen atoms in total. The third kappa shape index (κ3) is 2.03. The lowest BCUT2D eigenvalue weighted by atomic mass is 9.84. The van der Waals surface area contributed by atoms with Crippen molar-refractivity contribution >= 4 is 17.0 Å². The van der Waals surface area contributed by atoms with E-state index in [4.69, 9.17) is 0 Å². The molecule has 5 heteroatoms. The van der Waals surface area contributed by atoms with Crippen LogP contribution in [-0.2, 0) is 11.3 Å². The third-order valence-corrected chi connectivity index (χ3v) is 5.27. The number of nitrogens with one attached hydrogen (secondary N) is 2. The number of nitrogens with zero attached hydrogens (tertiary/aromatic N) is 1.